The van der Waals surface area contributed by atoms with E-state index in [9.17, 15) is 12.8 Å². The minimum atomic E-state index is -3.00. The van der Waals surface area contributed by atoms with Gasteiger partial charge in [-0.1, -0.05) is 0 Å². The Labute approximate surface area is 106 Å². The predicted molar refractivity (Wildman–Crippen MR) is 68.5 cm³/mol. The van der Waals surface area contributed by atoms with Gasteiger partial charge in [-0.25, -0.2) is 12.8 Å². The summed E-state index contributed by atoms with van der Waals surface area (Å²) in [6, 6.07) is 5.66. The van der Waals surface area contributed by atoms with Gasteiger partial charge in [0.15, 0.2) is 0 Å². The van der Waals surface area contributed by atoms with Gasteiger partial charge < -0.3 is 5.32 Å². The van der Waals surface area contributed by atoms with E-state index in [1.807, 2.05) is 13.0 Å². The quantitative estimate of drug-likeness (QED) is 0.887. The Kier molecular flexibility index (Phi) is 4.68. The molecule has 98 valence electrons. The number of hydrogen-bond acceptors (Lipinski definition) is 4. The summed E-state index contributed by atoms with van der Waals surface area (Å²) < 4.78 is 35.0. The Morgan fingerprint density at radius 2 is 2.17 bits per heavy atom. The molecule has 0 spiro atoms. The maximum Gasteiger partial charge on any atom is 0.147 e. The molecule has 0 fully saturated rings. The lowest BCUT2D eigenvalue weighted by atomic mass is 10.1. The van der Waals surface area contributed by atoms with Crippen LogP contribution in [-0.2, 0) is 9.84 Å². The summed E-state index contributed by atoms with van der Waals surface area (Å²) in [6.07, 6.45) is 1.61. The lowest BCUT2D eigenvalue weighted by Crippen LogP contribution is -2.20. The first-order valence-corrected chi connectivity index (χ1v) is 7.52. The van der Waals surface area contributed by atoms with Gasteiger partial charge in [-0.2, -0.15) is 5.26 Å². The molecule has 18 heavy (non-hydrogen) atoms. The van der Waals surface area contributed by atoms with Crippen LogP contribution in [0.5, 0.6) is 0 Å². The highest BCUT2D eigenvalue weighted by Gasteiger charge is 2.10. The SMILES string of the molecule is CC(CCS(C)(=O)=O)Nc1ccc(F)cc1C#N. The van der Waals surface area contributed by atoms with Crippen LogP contribution < -0.4 is 5.32 Å². The van der Waals surface area contributed by atoms with Crippen LogP contribution in [0.2, 0.25) is 0 Å². The van der Waals surface area contributed by atoms with E-state index in [1.54, 1.807) is 0 Å². The lowest BCUT2D eigenvalue weighted by molar-refractivity contribution is 0.595. The fourth-order valence-corrected chi connectivity index (χ4v) is 2.25. The third kappa shape index (κ3) is 4.72. The van der Waals surface area contributed by atoms with Gasteiger partial charge in [-0.3, -0.25) is 0 Å². The van der Waals surface area contributed by atoms with Crippen LogP contribution in [0.15, 0.2) is 18.2 Å². The van der Waals surface area contributed by atoms with E-state index in [0.29, 0.717) is 12.1 Å². The summed E-state index contributed by atoms with van der Waals surface area (Å²) in [6.45, 7) is 1.82. The monoisotopic (exact) mass is 270 g/mol. The minimum Gasteiger partial charge on any atom is -0.381 e. The average molecular weight is 270 g/mol. The zero-order valence-electron chi connectivity index (χ0n) is 10.3. The minimum absolute atomic E-state index is 0.0737. The normalized spacial score (nSPS) is 12.8. The van der Waals surface area contributed by atoms with E-state index >= 15 is 0 Å². The molecule has 1 unspecified atom stereocenters. The first-order valence-electron chi connectivity index (χ1n) is 5.46. The Morgan fingerprint density at radius 3 is 2.72 bits per heavy atom. The highest BCUT2D eigenvalue weighted by Crippen LogP contribution is 2.17. The number of nitriles is 1. The van der Waals surface area contributed by atoms with Gasteiger partial charge in [-0.15, -0.1) is 0 Å². The van der Waals surface area contributed by atoms with E-state index in [-0.39, 0.29) is 17.4 Å². The van der Waals surface area contributed by atoms with Crippen molar-refractivity contribution in [2.24, 2.45) is 0 Å². The topological polar surface area (TPSA) is 70.0 Å². The number of halogens is 1. The Hall–Kier alpha value is -1.61. The highest BCUT2D eigenvalue weighted by molar-refractivity contribution is 7.90. The summed E-state index contributed by atoms with van der Waals surface area (Å²) in [5.41, 5.74) is 0.723. The van der Waals surface area contributed by atoms with Gasteiger partial charge in [0.1, 0.15) is 21.7 Å². The van der Waals surface area contributed by atoms with Crippen molar-refractivity contribution < 1.29 is 12.8 Å². The fraction of sp³-hybridized carbons (Fsp3) is 0.417. The Balaban J connectivity index is 2.71. The molecular weight excluding hydrogens is 255 g/mol. The average Bonchev–Trinajstić information content (AvgIpc) is 2.28. The van der Waals surface area contributed by atoms with Crippen LogP contribution >= 0.6 is 0 Å². The summed E-state index contributed by atoms with van der Waals surface area (Å²) >= 11 is 0. The standard InChI is InChI=1S/C12H15FN2O2S/c1-9(5-6-18(2,16)17)15-12-4-3-11(13)7-10(12)8-14/h3-4,7,9,15H,5-6H2,1-2H3. The van der Waals surface area contributed by atoms with Crippen molar-refractivity contribution in [1.82, 2.24) is 0 Å². The molecule has 0 saturated heterocycles. The molecule has 0 aliphatic carbocycles. The van der Waals surface area contributed by atoms with Crippen LogP contribution in [0, 0.1) is 17.1 Å². The molecule has 0 amide bonds. The fourth-order valence-electron chi connectivity index (χ4n) is 1.46. The van der Waals surface area contributed by atoms with E-state index in [4.69, 9.17) is 5.26 Å². The maximum atomic E-state index is 12.9. The molecule has 6 heteroatoms. The van der Waals surface area contributed by atoms with Crippen molar-refractivity contribution in [3.05, 3.63) is 29.6 Å². The second-order valence-corrected chi connectivity index (χ2v) is 6.53. The number of nitrogens with zero attached hydrogens (tertiary/aromatic N) is 1. The molecule has 1 rings (SSSR count). The van der Waals surface area contributed by atoms with Crippen molar-refractivity contribution >= 4 is 15.5 Å². The molecule has 0 saturated carbocycles. The molecule has 1 N–H and O–H groups in total. The molecule has 1 aromatic rings. The van der Waals surface area contributed by atoms with Crippen LogP contribution in [0.25, 0.3) is 0 Å². The first-order chi connectivity index (χ1) is 8.31. The smallest absolute Gasteiger partial charge is 0.147 e. The van der Waals surface area contributed by atoms with Crippen molar-refractivity contribution in [2.45, 2.75) is 19.4 Å². The number of nitrogens with one attached hydrogen (secondary N) is 1. The number of benzene rings is 1. The summed E-state index contributed by atoms with van der Waals surface area (Å²) in [5.74, 6) is -0.398. The van der Waals surface area contributed by atoms with Crippen molar-refractivity contribution in [1.29, 1.82) is 5.26 Å². The number of hydrogen-bond donors (Lipinski definition) is 1. The largest absolute Gasteiger partial charge is 0.381 e. The Bertz CT molecular complexity index is 564. The van der Waals surface area contributed by atoms with Crippen molar-refractivity contribution in [3.8, 4) is 6.07 Å². The van der Waals surface area contributed by atoms with Crippen LogP contribution in [-0.4, -0.2) is 26.5 Å². The first kappa shape index (κ1) is 14.5. The summed E-state index contributed by atoms with van der Waals surface area (Å²) in [4.78, 5) is 0. The summed E-state index contributed by atoms with van der Waals surface area (Å²) in [5, 5.41) is 11.9. The zero-order valence-corrected chi connectivity index (χ0v) is 11.1. The van der Waals surface area contributed by atoms with Crippen LogP contribution in [0.1, 0.15) is 18.9 Å². The molecule has 1 aromatic carbocycles. The predicted octanol–water partition coefficient (Wildman–Crippen LogP) is 1.93. The van der Waals surface area contributed by atoms with Crippen molar-refractivity contribution in [2.75, 3.05) is 17.3 Å². The van der Waals surface area contributed by atoms with Gasteiger partial charge in [0.2, 0.25) is 0 Å². The molecule has 0 aliphatic rings. The third-order valence-corrected chi connectivity index (χ3v) is 3.40. The lowest BCUT2D eigenvalue weighted by Gasteiger charge is -2.15. The molecule has 0 aliphatic heterocycles. The van der Waals surface area contributed by atoms with Crippen LogP contribution in [0.3, 0.4) is 0 Å². The molecule has 0 aromatic heterocycles. The molecular formula is C12H15FN2O2S. The van der Waals surface area contributed by atoms with Crippen LogP contribution in [0.4, 0.5) is 10.1 Å². The molecule has 0 heterocycles. The second kappa shape index (κ2) is 5.83. The zero-order chi connectivity index (χ0) is 13.8. The van der Waals surface area contributed by atoms with Gasteiger partial charge in [0, 0.05) is 12.3 Å². The summed E-state index contributed by atoms with van der Waals surface area (Å²) in [7, 11) is -3.00. The number of sulfone groups is 1. The highest BCUT2D eigenvalue weighted by atomic mass is 32.2. The molecule has 0 radical (unpaired) electrons. The van der Waals surface area contributed by atoms with E-state index in [1.165, 1.54) is 18.4 Å². The third-order valence-electron chi connectivity index (χ3n) is 2.43. The second-order valence-electron chi connectivity index (χ2n) is 4.27. The van der Waals surface area contributed by atoms with E-state index in [2.05, 4.69) is 5.32 Å². The number of anilines is 1. The maximum absolute atomic E-state index is 12.9. The molecule has 1 atom stereocenters. The van der Waals surface area contributed by atoms with Gasteiger partial charge in [0.05, 0.1) is 17.0 Å². The van der Waals surface area contributed by atoms with Crippen molar-refractivity contribution in [3.63, 3.8) is 0 Å². The Morgan fingerprint density at radius 1 is 1.50 bits per heavy atom. The molecule has 4 nitrogen and oxygen atoms in total. The molecule has 0 bridgehead atoms. The van der Waals surface area contributed by atoms with E-state index < -0.39 is 15.7 Å². The van der Waals surface area contributed by atoms with E-state index in [0.717, 1.165) is 6.07 Å². The number of rotatable bonds is 5. The van der Waals surface area contributed by atoms with Gasteiger partial charge >= 0.3 is 0 Å². The van der Waals surface area contributed by atoms with Gasteiger partial charge in [0.25, 0.3) is 0 Å². The van der Waals surface area contributed by atoms with Gasteiger partial charge in [-0.05, 0) is 31.5 Å².